The molecule has 1 heterocycles. The highest BCUT2D eigenvalue weighted by atomic mass is 79.9. The Balaban J connectivity index is 1.84. The molecular weight excluding hydrogens is 374 g/mol. The molecule has 0 bridgehead atoms. The van der Waals surface area contributed by atoms with Gasteiger partial charge in [0.05, 0.1) is 4.91 Å². The third kappa shape index (κ3) is 3.91. The minimum Gasteiger partial charge on any atom is -0.291 e. The number of likely N-dealkylation sites (tertiary alicyclic amines) is 1. The topological polar surface area (TPSA) is 37.4 Å². The molecule has 2 aromatic rings. The summed E-state index contributed by atoms with van der Waals surface area (Å²) in [5, 5.41) is 0. The van der Waals surface area contributed by atoms with Crippen molar-refractivity contribution in [2.45, 2.75) is 6.54 Å². The Hall–Kier alpha value is -1.43. The number of sulfone groups is 1. The van der Waals surface area contributed by atoms with Gasteiger partial charge in [-0.3, -0.25) is 4.90 Å². The Morgan fingerprint density at radius 3 is 2.39 bits per heavy atom. The summed E-state index contributed by atoms with van der Waals surface area (Å²) in [6.07, 6.45) is 1.29. The lowest BCUT2D eigenvalue weighted by Gasteiger charge is -2.35. The molecule has 0 radical (unpaired) electrons. The van der Waals surface area contributed by atoms with Crippen LogP contribution in [0.5, 0.6) is 0 Å². The van der Waals surface area contributed by atoms with Crippen molar-refractivity contribution in [3.8, 4) is 0 Å². The van der Waals surface area contributed by atoms with Crippen molar-refractivity contribution in [3.05, 3.63) is 75.8 Å². The molecule has 3 nitrogen and oxygen atoms in total. The summed E-state index contributed by atoms with van der Waals surface area (Å²) in [7, 11) is -3.26. The van der Waals surface area contributed by atoms with E-state index in [0.29, 0.717) is 18.0 Å². The molecule has 0 amide bonds. The minimum absolute atomic E-state index is 0.475. The van der Waals surface area contributed by atoms with Crippen molar-refractivity contribution >= 4 is 30.7 Å². The molecule has 0 atom stereocenters. The molecule has 0 unspecified atom stereocenters. The summed E-state index contributed by atoms with van der Waals surface area (Å²) in [5.41, 5.74) is 2.99. The van der Waals surface area contributed by atoms with Crippen LogP contribution in [-0.2, 0) is 16.4 Å². The van der Waals surface area contributed by atoms with Crippen molar-refractivity contribution in [2.75, 3.05) is 19.3 Å². The molecule has 120 valence electrons. The molecule has 5 heteroatoms. The van der Waals surface area contributed by atoms with Gasteiger partial charge in [-0.15, -0.1) is 0 Å². The van der Waals surface area contributed by atoms with Crippen LogP contribution in [0.1, 0.15) is 11.1 Å². The second-order valence-electron chi connectivity index (χ2n) is 5.85. The maximum absolute atomic E-state index is 12.3. The zero-order chi connectivity index (χ0) is 16.4. The standard InChI is InChI=1S/C18H18BrNO2S/c1-23(21,22)18(15-8-5-9-17(19)10-15)16-12-20(13-16)11-14-6-3-2-4-7-14/h2-10H,11-13H2,1H3. The van der Waals surface area contributed by atoms with Gasteiger partial charge in [0.25, 0.3) is 0 Å². The zero-order valence-electron chi connectivity index (χ0n) is 12.9. The number of benzene rings is 2. The van der Waals surface area contributed by atoms with E-state index in [4.69, 9.17) is 0 Å². The van der Waals surface area contributed by atoms with Gasteiger partial charge in [0.15, 0.2) is 9.84 Å². The highest BCUT2D eigenvalue weighted by Crippen LogP contribution is 2.31. The van der Waals surface area contributed by atoms with Crippen LogP contribution in [0, 0.1) is 0 Å². The average molecular weight is 392 g/mol. The maximum atomic E-state index is 12.3. The largest absolute Gasteiger partial charge is 0.291 e. The summed E-state index contributed by atoms with van der Waals surface area (Å²) < 4.78 is 25.4. The fourth-order valence-electron chi connectivity index (χ4n) is 2.90. The van der Waals surface area contributed by atoms with Gasteiger partial charge in [-0.2, -0.15) is 0 Å². The second-order valence-corrected chi connectivity index (χ2v) is 8.71. The summed E-state index contributed by atoms with van der Waals surface area (Å²) >= 11 is 3.41. The van der Waals surface area contributed by atoms with Crippen molar-refractivity contribution < 1.29 is 8.42 Å². The van der Waals surface area contributed by atoms with E-state index >= 15 is 0 Å². The Morgan fingerprint density at radius 1 is 1.09 bits per heavy atom. The molecule has 0 saturated carbocycles. The highest BCUT2D eigenvalue weighted by molar-refractivity contribution is 9.10. The van der Waals surface area contributed by atoms with Crippen LogP contribution < -0.4 is 0 Å². The minimum atomic E-state index is -3.26. The SMILES string of the molecule is CS(=O)(=O)C(=C1CN(Cc2ccccc2)C1)c1cccc(Br)c1. The predicted octanol–water partition coefficient (Wildman–Crippen LogP) is 3.72. The van der Waals surface area contributed by atoms with Gasteiger partial charge in [-0.25, -0.2) is 8.42 Å². The van der Waals surface area contributed by atoms with E-state index < -0.39 is 9.84 Å². The van der Waals surface area contributed by atoms with Crippen LogP contribution in [0.3, 0.4) is 0 Å². The van der Waals surface area contributed by atoms with Gasteiger partial charge in [0.1, 0.15) is 0 Å². The van der Waals surface area contributed by atoms with Crippen LogP contribution in [-0.4, -0.2) is 32.7 Å². The van der Waals surface area contributed by atoms with Crippen LogP contribution >= 0.6 is 15.9 Å². The number of hydrogen-bond acceptors (Lipinski definition) is 3. The normalized spacial score (nSPS) is 15.3. The number of nitrogens with zero attached hydrogens (tertiary/aromatic N) is 1. The van der Waals surface area contributed by atoms with Crippen molar-refractivity contribution in [3.63, 3.8) is 0 Å². The van der Waals surface area contributed by atoms with Gasteiger partial charge >= 0.3 is 0 Å². The molecule has 0 aromatic heterocycles. The molecule has 1 aliphatic rings. The molecule has 2 aromatic carbocycles. The van der Waals surface area contributed by atoms with E-state index in [1.807, 2.05) is 42.5 Å². The third-order valence-electron chi connectivity index (χ3n) is 3.86. The van der Waals surface area contributed by atoms with Gasteiger partial charge in [-0.1, -0.05) is 58.4 Å². The first-order valence-corrected chi connectivity index (χ1v) is 10.1. The molecule has 1 saturated heterocycles. The zero-order valence-corrected chi connectivity index (χ0v) is 15.3. The molecule has 1 aliphatic heterocycles. The van der Waals surface area contributed by atoms with E-state index in [2.05, 4.69) is 33.0 Å². The van der Waals surface area contributed by atoms with Crippen molar-refractivity contribution in [1.82, 2.24) is 4.90 Å². The van der Waals surface area contributed by atoms with Gasteiger partial charge in [0, 0.05) is 30.4 Å². The summed E-state index contributed by atoms with van der Waals surface area (Å²) in [6, 6.07) is 17.7. The summed E-state index contributed by atoms with van der Waals surface area (Å²) in [5.74, 6) is 0. The number of halogens is 1. The van der Waals surface area contributed by atoms with Gasteiger partial charge in [0.2, 0.25) is 0 Å². The molecule has 0 N–H and O–H groups in total. The van der Waals surface area contributed by atoms with Crippen LogP contribution in [0.25, 0.3) is 4.91 Å². The Morgan fingerprint density at radius 2 is 1.78 bits per heavy atom. The van der Waals surface area contributed by atoms with Crippen LogP contribution in [0.4, 0.5) is 0 Å². The first-order chi connectivity index (χ1) is 10.9. The predicted molar refractivity (Wildman–Crippen MR) is 97.6 cm³/mol. The molecule has 23 heavy (non-hydrogen) atoms. The molecular formula is C18H18BrNO2S. The molecule has 1 fully saturated rings. The second kappa shape index (κ2) is 6.59. The van der Waals surface area contributed by atoms with E-state index in [1.54, 1.807) is 0 Å². The van der Waals surface area contributed by atoms with Crippen LogP contribution in [0.15, 0.2) is 64.6 Å². The summed E-state index contributed by atoms with van der Waals surface area (Å²) in [6.45, 7) is 2.24. The fourth-order valence-corrected chi connectivity index (χ4v) is 4.51. The lowest BCUT2D eigenvalue weighted by Crippen LogP contribution is -2.40. The van der Waals surface area contributed by atoms with E-state index in [-0.39, 0.29) is 0 Å². The molecule has 0 aliphatic carbocycles. The first-order valence-electron chi connectivity index (χ1n) is 7.38. The van der Waals surface area contributed by atoms with Gasteiger partial charge < -0.3 is 0 Å². The van der Waals surface area contributed by atoms with E-state index in [1.165, 1.54) is 11.8 Å². The van der Waals surface area contributed by atoms with E-state index in [0.717, 1.165) is 22.2 Å². The quantitative estimate of drug-likeness (QED) is 0.796. The third-order valence-corrected chi connectivity index (χ3v) is 5.62. The smallest absolute Gasteiger partial charge is 0.176 e. The maximum Gasteiger partial charge on any atom is 0.176 e. The average Bonchev–Trinajstić information content (AvgIpc) is 2.45. The molecule has 3 rings (SSSR count). The van der Waals surface area contributed by atoms with Crippen molar-refractivity contribution in [1.29, 1.82) is 0 Å². The Kier molecular flexibility index (Phi) is 4.71. The van der Waals surface area contributed by atoms with E-state index in [9.17, 15) is 8.42 Å². The monoisotopic (exact) mass is 391 g/mol. The Bertz CT molecular complexity index is 836. The number of hydrogen-bond donors (Lipinski definition) is 0. The highest BCUT2D eigenvalue weighted by Gasteiger charge is 2.28. The Labute approximate surface area is 145 Å². The molecule has 0 spiro atoms. The first kappa shape index (κ1) is 16.4. The van der Waals surface area contributed by atoms with Gasteiger partial charge in [-0.05, 0) is 28.8 Å². The van der Waals surface area contributed by atoms with Crippen molar-refractivity contribution in [2.24, 2.45) is 0 Å². The lowest BCUT2D eigenvalue weighted by atomic mass is 10.0. The lowest BCUT2D eigenvalue weighted by molar-refractivity contribution is 0.243. The number of rotatable bonds is 4. The van der Waals surface area contributed by atoms with Crippen LogP contribution in [0.2, 0.25) is 0 Å². The fraction of sp³-hybridized carbons (Fsp3) is 0.222. The summed E-state index contributed by atoms with van der Waals surface area (Å²) in [4.78, 5) is 2.72.